The second-order valence-corrected chi connectivity index (χ2v) is 9.45. The van der Waals surface area contributed by atoms with Gasteiger partial charge in [0, 0.05) is 7.05 Å². The fraction of sp³-hybridized carbons (Fsp3) is 0.0909. The number of rotatable bonds is 7. The van der Waals surface area contributed by atoms with Crippen LogP contribution in [0.15, 0.2) is 87.7 Å². The van der Waals surface area contributed by atoms with Crippen LogP contribution >= 0.6 is 11.3 Å². The molecule has 0 amide bonds. The Morgan fingerprint density at radius 2 is 1.90 bits per heavy atom. The van der Waals surface area contributed by atoms with Crippen molar-refractivity contribution in [2.45, 2.75) is 11.5 Å². The largest absolute Gasteiger partial charge is 0.455 e. The topological polar surface area (TPSA) is 89.7 Å². The van der Waals surface area contributed by atoms with Crippen LogP contribution in [0, 0.1) is 0 Å². The van der Waals surface area contributed by atoms with Gasteiger partial charge in [-0.2, -0.15) is 0 Å². The molecule has 0 aliphatic heterocycles. The number of nitrogens with zero attached hydrogens (tertiary/aromatic N) is 2. The van der Waals surface area contributed by atoms with Crippen molar-refractivity contribution in [2.75, 3.05) is 11.4 Å². The molecule has 0 bridgehead atoms. The number of carbonyl (C=O) groups is 1. The third kappa shape index (κ3) is 4.52. The highest BCUT2D eigenvalue weighted by Gasteiger charge is 2.22. The highest BCUT2D eigenvalue weighted by atomic mass is 32.2. The number of hydrogen-bond donors (Lipinski definition) is 0. The minimum absolute atomic E-state index is 0.00489. The maximum absolute atomic E-state index is 13.0. The Labute approximate surface area is 183 Å². The Kier molecular flexibility index (Phi) is 5.88. The number of para-hydroxylation sites is 1. The molecule has 0 unspecified atom stereocenters. The van der Waals surface area contributed by atoms with Crippen LogP contribution in [0.2, 0.25) is 0 Å². The van der Waals surface area contributed by atoms with Gasteiger partial charge in [-0.25, -0.2) is 18.2 Å². The third-order valence-electron chi connectivity index (χ3n) is 4.48. The summed E-state index contributed by atoms with van der Waals surface area (Å²) in [5.74, 6) is -0.196. The van der Waals surface area contributed by atoms with Crippen LogP contribution in [0.25, 0.3) is 10.8 Å². The maximum atomic E-state index is 13.0. The summed E-state index contributed by atoms with van der Waals surface area (Å²) in [6.45, 7) is -0.0887. The van der Waals surface area contributed by atoms with Gasteiger partial charge in [-0.3, -0.25) is 4.31 Å². The standard InChI is InChI=1S/C22H18N2O5S2/c1-24(18-8-3-2-4-9-18)31(26,27)19-10-5-7-16(13-19)22(25)29-15-17-14-28-21(23-17)20-11-6-12-30-20/h2-14H,15H2,1H3. The first-order valence-corrected chi connectivity index (χ1v) is 11.6. The van der Waals surface area contributed by atoms with Gasteiger partial charge in [0.25, 0.3) is 10.0 Å². The lowest BCUT2D eigenvalue weighted by atomic mass is 10.2. The van der Waals surface area contributed by atoms with Crippen molar-refractivity contribution in [3.8, 4) is 10.8 Å². The first-order valence-electron chi connectivity index (χ1n) is 9.24. The Hall–Kier alpha value is -3.43. The molecule has 0 aliphatic carbocycles. The van der Waals surface area contributed by atoms with E-state index in [0.717, 1.165) is 4.88 Å². The summed E-state index contributed by atoms with van der Waals surface area (Å²) in [7, 11) is -2.37. The van der Waals surface area contributed by atoms with Crippen LogP contribution < -0.4 is 4.31 Å². The average Bonchev–Trinajstić information content (AvgIpc) is 3.49. The number of anilines is 1. The fourth-order valence-electron chi connectivity index (χ4n) is 2.83. The predicted molar refractivity (Wildman–Crippen MR) is 117 cm³/mol. The van der Waals surface area contributed by atoms with E-state index in [9.17, 15) is 13.2 Å². The molecule has 158 valence electrons. The third-order valence-corrected chi connectivity index (χ3v) is 7.12. The van der Waals surface area contributed by atoms with Crippen molar-refractivity contribution in [1.82, 2.24) is 4.98 Å². The second-order valence-electron chi connectivity index (χ2n) is 6.53. The van der Waals surface area contributed by atoms with Gasteiger partial charge in [0.15, 0.2) is 0 Å². The summed E-state index contributed by atoms with van der Waals surface area (Å²) in [5, 5.41) is 1.91. The van der Waals surface area contributed by atoms with Crippen LogP contribution in [0.4, 0.5) is 5.69 Å². The molecule has 0 radical (unpaired) electrons. The molecule has 9 heteroatoms. The molecule has 0 spiro atoms. The van der Waals surface area contributed by atoms with Crippen molar-refractivity contribution in [3.05, 3.63) is 89.6 Å². The number of sulfonamides is 1. The van der Waals surface area contributed by atoms with Gasteiger partial charge in [-0.05, 0) is 41.8 Å². The normalized spacial score (nSPS) is 11.3. The number of oxazole rings is 1. The molecular weight excluding hydrogens is 436 g/mol. The van der Waals surface area contributed by atoms with Gasteiger partial charge < -0.3 is 9.15 Å². The molecule has 4 aromatic rings. The van der Waals surface area contributed by atoms with Crippen LogP contribution in [-0.2, 0) is 21.4 Å². The Morgan fingerprint density at radius 3 is 2.65 bits per heavy atom. The van der Waals surface area contributed by atoms with Crippen molar-refractivity contribution >= 4 is 33.0 Å². The summed E-state index contributed by atoms with van der Waals surface area (Å²) in [6, 6.07) is 18.2. The number of hydrogen-bond acceptors (Lipinski definition) is 7. The Morgan fingerprint density at radius 1 is 1.10 bits per heavy atom. The molecule has 2 aromatic carbocycles. The molecule has 4 rings (SSSR count). The van der Waals surface area contributed by atoms with Crippen LogP contribution in [0.5, 0.6) is 0 Å². The van der Waals surface area contributed by atoms with E-state index in [1.807, 2.05) is 17.5 Å². The molecule has 2 aromatic heterocycles. The minimum Gasteiger partial charge on any atom is -0.455 e. The van der Waals surface area contributed by atoms with Gasteiger partial charge in [-0.1, -0.05) is 30.3 Å². The maximum Gasteiger partial charge on any atom is 0.338 e. The number of aromatic nitrogens is 1. The summed E-state index contributed by atoms with van der Waals surface area (Å²) in [5.41, 5.74) is 1.11. The van der Waals surface area contributed by atoms with Gasteiger partial charge in [0.2, 0.25) is 5.89 Å². The lowest BCUT2D eigenvalue weighted by Gasteiger charge is -2.19. The van der Waals surface area contributed by atoms with E-state index in [4.69, 9.17) is 9.15 Å². The van der Waals surface area contributed by atoms with E-state index in [1.165, 1.54) is 53.2 Å². The molecule has 0 saturated heterocycles. The highest BCUT2D eigenvalue weighted by molar-refractivity contribution is 7.92. The molecule has 2 heterocycles. The van der Waals surface area contributed by atoms with Crippen LogP contribution in [0.3, 0.4) is 0 Å². The van der Waals surface area contributed by atoms with Gasteiger partial charge in [-0.15, -0.1) is 11.3 Å². The molecule has 0 N–H and O–H groups in total. The zero-order valence-electron chi connectivity index (χ0n) is 16.5. The number of thiophene rings is 1. The van der Waals surface area contributed by atoms with E-state index in [1.54, 1.807) is 30.3 Å². The molecule has 7 nitrogen and oxygen atoms in total. The SMILES string of the molecule is CN(c1ccccc1)S(=O)(=O)c1cccc(C(=O)OCc2coc(-c3cccs3)n2)c1. The Balaban J connectivity index is 1.47. The molecule has 0 atom stereocenters. The van der Waals surface area contributed by atoms with Crippen LogP contribution in [-0.4, -0.2) is 26.4 Å². The summed E-state index contributed by atoms with van der Waals surface area (Å²) < 4.78 is 37.8. The van der Waals surface area contributed by atoms with Crippen molar-refractivity contribution in [1.29, 1.82) is 0 Å². The molecule has 31 heavy (non-hydrogen) atoms. The minimum atomic E-state index is -3.84. The van der Waals surface area contributed by atoms with E-state index in [2.05, 4.69) is 4.98 Å². The summed E-state index contributed by atoms with van der Waals surface area (Å²) in [4.78, 5) is 17.6. The van der Waals surface area contributed by atoms with Crippen molar-refractivity contribution in [2.24, 2.45) is 0 Å². The zero-order valence-corrected chi connectivity index (χ0v) is 18.1. The van der Waals surface area contributed by atoms with Gasteiger partial charge >= 0.3 is 5.97 Å². The van der Waals surface area contributed by atoms with Gasteiger partial charge in [0.1, 0.15) is 18.6 Å². The fourth-order valence-corrected chi connectivity index (χ4v) is 4.73. The molecule has 0 aliphatic rings. The van der Waals surface area contributed by atoms with Crippen molar-refractivity contribution in [3.63, 3.8) is 0 Å². The van der Waals surface area contributed by atoms with Crippen molar-refractivity contribution < 1.29 is 22.4 Å². The number of esters is 1. The smallest absolute Gasteiger partial charge is 0.338 e. The van der Waals surface area contributed by atoms with Crippen LogP contribution in [0.1, 0.15) is 16.1 Å². The monoisotopic (exact) mass is 454 g/mol. The summed E-state index contributed by atoms with van der Waals surface area (Å²) >= 11 is 1.49. The number of benzene rings is 2. The molecule has 0 fully saturated rings. The van der Waals surface area contributed by atoms with E-state index in [-0.39, 0.29) is 17.1 Å². The zero-order chi connectivity index (χ0) is 21.8. The lowest BCUT2D eigenvalue weighted by Crippen LogP contribution is -2.26. The Bertz CT molecular complexity index is 1280. The van der Waals surface area contributed by atoms with E-state index < -0.39 is 16.0 Å². The average molecular weight is 455 g/mol. The first kappa shape index (κ1) is 20.8. The predicted octanol–water partition coefficient (Wildman–Crippen LogP) is 4.59. The number of carbonyl (C=O) groups excluding carboxylic acids is 1. The first-order chi connectivity index (χ1) is 14.9. The summed E-state index contributed by atoms with van der Waals surface area (Å²) in [6.07, 6.45) is 1.43. The van der Waals surface area contributed by atoms with E-state index in [0.29, 0.717) is 17.3 Å². The van der Waals surface area contributed by atoms with Gasteiger partial charge in [0.05, 0.1) is 21.0 Å². The quantitative estimate of drug-likeness (QED) is 0.380. The lowest BCUT2D eigenvalue weighted by molar-refractivity contribution is 0.0467. The molecular formula is C22H18N2O5S2. The van der Waals surface area contributed by atoms with E-state index >= 15 is 0 Å². The highest BCUT2D eigenvalue weighted by Crippen LogP contribution is 2.25. The number of ether oxygens (including phenoxy) is 1. The second kappa shape index (κ2) is 8.75. The molecule has 0 saturated carbocycles.